The third kappa shape index (κ3) is 4.03. The van der Waals surface area contributed by atoms with Crippen LogP contribution in [0, 0.1) is 0 Å². The molecule has 1 aromatic heterocycles. The Morgan fingerprint density at radius 2 is 2.05 bits per heavy atom. The third-order valence-corrected chi connectivity index (χ3v) is 2.56. The topological polar surface area (TPSA) is 83.2 Å². The van der Waals surface area contributed by atoms with Crippen LogP contribution in [-0.2, 0) is 4.79 Å². The molecule has 0 saturated carbocycles. The first-order valence-electron chi connectivity index (χ1n) is 5.76. The molecule has 2 aromatic rings. The summed E-state index contributed by atoms with van der Waals surface area (Å²) in [5.74, 6) is -0.445. The number of hydrogen-bond donors (Lipinski definition) is 3. The number of amides is 2. The normalized spacial score (nSPS) is 9.85. The minimum absolute atomic E-state index is 0.231. The minimum Gasteiger partial charge on any atom is -0.484 e. The van der Waals surface area contributed by atoms with Gasteiger partial charge in [0.15, 0.2) is 6.61 Å². The molecule has 20 heavy (non-hydrogen) atoms. The van der Waals surface area contributed by atoms with E-state index in [0.717, 1.165) is 0 Å². The zero-order valence-electron chi connectivity index (χ0n) is 10.4. The summed E-state index contributed by atoms with van der Waals surface area (Å²) in [6.07, 6.45) is 1.61. The van der Waals surface area contributed by atoms with Gasteiger partial charge in [-0.05, 0) is 30.3 Å². The van der Waals surface area contributed by atoms with Gasteiger partial charge >= 0.3 is 0 Å². The monoisotopic (exact) mass is 293 g/mol. The van der Waals surface area contributed by atoms with E-state index in [9.17, 15) is 9.59 Å². The molecule has 6 nitrogen and oxygen atoms in total. The summed E-state index contributed by atoms with van der Waals surface area (Å²) in [4.78, 5) is 25.7. The zero-order chi connectivity index (χ0) is 14.4. The number of halogens is 1. The predicted octanol–water partition coefficient (Wildman–Crippen LogP) is 1.51. The number of nitrogens with one attached hydrogen (secondary N) is 3. The van der Waals surface area contributed by atoms with E-state index >= 15 is 0 Å². The maximum atomic E-state index is 11.5. The van der Waals surface area contributed by atoms with Gasteiger partial charge in [0.2, 0.25) is 0 Å². The molecule has 0 radical (unpaired) electrons. The van der Waals surface area contributed by atoms with Crippen molar-refractivity contribution < 1.29 is 14.3 Å². The zero-order valence-corrected chi connectivity index (χ0v) is 11.1. The number of aromatic amines is 1. The van der Waals surface area contributed by atoms with Crippen LogP contribution in [-0.4, -0.2) is 23.4 Å². The van der Waals surface area contributed by atoms with Crippen molar-refractivity contribution in [2.75, 3.05) is 6.61 Å². The Kier molecular flexibility index (Phi) is 4.62. The Balaban J connectivity index is 1.74. The first-order chi connectivity index (χ1) is 9.65. The molecular formula is C13H12ClN3O3. The molecule has 0 aliphatic heterocycles. The number of hydrogen-bond acceptors (Lipinski definition) is 3. The van der Waals surface area contributed by atoms with Gasteiger partial charge in [-0.15, -0.1) is 0 Å². The second-order valence-electron chi connectivity index (χ2n) is 3.83. The molecule has 2 amide bonds. The quantitative estimate of drug-likeness (QED) is 0.747. The predicted molar refractivity (Wildman–Crippen MR) is 73.3 cm³/mol. The van der Waals surface area contributed by atoms with Crippen molar-refractivity contribution in [1.29, 1.82) is 0 Å². The highest BCUT2D eigenvalue weighted by atomic mass is 35.5. The summed E-state index contributed by atoms with van der Waals surface area (Å²) >= 11 is 5.78. The molecule has 1 aromatic carbocycles. The van der Waals surface area contributed by atoms with Crippen LogP contribution in [0.4, 0.5) is 0 Å². The first-order valence-corrected chi connectivity index (χ1v) is 6.14. The highest BCUT2D eigenvalue weighted by molar-refractivity contribution is 6.30. The average Bonchev–Trinajstić information content (AvgIpc) is 2.97. The van der Waals surface area contributed by atoms with Crippen LogP contribution < -0.4 is 15.6 Å². The molecule has 7 heteroatoms. The van der Waals surface area contributed by atoms with Crippen molar-refractivity contribution in [1.82, 2.24) is 15.8 Å². The molecule has 0 aliphatic rings. The number of rotatable bonds is 4. The van der Waals surface area contributed by atoms with Gasteiger partial charge in [0, 0.05) is 11.2 Å². The van der Waals surface area contributed by atoms with Gasteiger partial charge in [0.05, 0.1) is 0 Å². The van der Waals surface area contributed by atoms with Crippen molar-refractivity contribution in [3.05, 3.63) is 53.3 Å². The standard InChI is InChI=1S/C13H12ClN3O3/c14-9-3-1-4-10(7-9)20-8-12(18)16-17-13(19)11-5-2-6-15-11/h1-7,15H,8H2,(H,16,18)(H,17,19). The van der Waals surface area contributed by atoms with E-state index < -0.39 is 11.8 Å². The Labute approximate surface area is 120 Å². The van der Waals surface area contributed by atoms with Crippen LogP contribution >= 0.6 is 11.6 Å². The van der Waals surface area contributed by atoms with Gasteiger partial charge in [-0.3, -0.25) is 20.4 Å². The lowest BCUT2D eigenvalue weighted by atomic mass is 10.3. The summed E-state index contributed by atoms with van der Waals surface area (Å²) in [5, 5.41) is 0.517. The number of carbonyl (C=O) groups excluding carboxylic acids is 2. The molecule has 0 atom stereocenters. The molecule has 104 valence electrons. The second-order valence-corrected chi connectivity index (χ2v) is 4.27. The van der Waals surface area contributed by atoms with Crippen molar-refractivity contribution in [2.24, 2.45) is 0 Å². The third-order valence-electron chi connectivity index (χ3n) is 2.32. The maximum absolute atomic E-state index is 11.5. The van der Waals surface area contributed by atoms with Gasteiger partial charge < -0.3 is 9.72 Å². The van der Waals surface area contributed by atoms with E-state index in [4.69, 9.17) is 16.3 Å². The second kappa shape index (κ2) is 6.63. The number of aromatic nitrogens is 1. The van der Waals surface area contributed by atoms with Gasteiger partial charge in [-0.2, -0.15) is 0 Å². The summed E-state index contributed by atoms with van der Waals surface area (Å²) in [5.41, 5.74) is 4.84. The Hall–Kier alpha value is -2.47. The van der Waals surface area contributed by atoms with Crippen molar-refractivity contribution >= 4 is 23.4 Å². The van der Waals surface area contributed by atoms with E-state index in [-0.39, 0.29) is 6.61 Å². The van der Waals surface area contributed by atoms with Crippen LogP contribution in [0.3, 0.4) is 0 Å². The van der Waals surface area contributed by atoms with Crippen LogP contribution in [0.5, 0.6) is 5.75 Å². The highest BCUT2D eigenvalue weighted by Crippen LogP contribution is 2.16. The van der Waals surface area contributed by atoms with Crippen molar-refractivity contribution in [3.63, 3.8) is 0 Å². The lowest BCUT2D eigenvalue weighted by Gasteiger charge is -2.08. The molecule has 0 aliphatic carbocycles. The van der Waals surface area contributed by atoms with Crippen LogP contribution in [0.2, 0.25) is 5.02 Å². The molecule has 0 saturated heterocycles. The minimum atomic E-state index is -0.482. The van der Waals surface area contributed by atoms with Gasteiger partial charge in [0.25, 0.3) is 11.8 Å². The number of carbonyl (C=O) groups is 2. The summed E-state index contributed by atoms with van der Waals surface area (Å²) in [6, 6.07) is 9.94. The number of ether oxygens (including phenoxy) is 1. The Bertz CT molecular complexity index is 599. The van der Waals surface area contributed by atoms with Crippen molar-refractivity contribution in [3.8, 4) is 5.75 Å². The lowest BCUT2D eigenvalue weighted by Crippen LogP contribution is -2.43. The number of hydrazine groups is 1. The highest BCUT2D eigenvalue weighted by Gasteiger charge is 2.08. The van der Waals surface area contributed by atoms with E-state index in [1.807, 2.05) is 0 Å². The Morgan fingerprint density at radius 3 is 2.75 bits per heavy atom. The largest absolute Gasteiger partial charge is 0.484 e. The fourth-order valence-electron chi connectivity index (χ4n) is 1.41. The SMILES string of the molecule is O=C(COc1cccc(Cl)c1)NNC(=O)c1ccc[nH]1. The van der Waals surface area contributed by atoms with Crippen LogP contribution in [0.1, 0.15) is 10.5 Å². The molecule has 1 heterocycles. The summed E-state index contributed by atoms with van der Waals surface area (Å²) < 4.78 is 5.22. The van der Waals surface area contributed by atoms with Crippen molar-refractivity contribution in [2.45, 2.75) is 0 Å². The van der Waals surface area contributed by atoms with E-state index in [1.54, 1.807) is 42.6 Å². The maximum Gasteiger partial charge on any atom is 0.286 e. The fourth-order valence-corrected chi connectivity index (χ4v) is 1.59. The van der Waals surface area contributed by atoms with Gasteiger partial charge in [-0.25, -0.2) is 0 Å². The number of H-pyrrole nitrogens is 1. The van der Waals surface area contributed by atoms with E-state index in [1.165, 1.54) is 0 Å². The van der Waals surface area contributed by atoms with Crippen LogP contribution in [0.25, 0.3) is 0 Å². The summed E-state index contributed by atoms with van der Waals surface area (Å²) in [6.45, 7) is -0.231. The smallest absolute Gasteiger partial charge is 0.286 e. The molecular weight excluding hydrogens is 282 g/mol. The van der Waals surface area contributed by atoms with E-state index in [2.05, 4.69) is 15.8 Å². The molecule has 2 rings (SSSR count). The molecule has 0 bridgehead atoms. The van der Waals surface area contributed by atoms with Crippen LogP contribution in [0.15, 0.2) is 42.6 Å². The fraction of sp³-hybridized carbons (Fsp3) is 0.0769. The molecule has 0 fully saturated rings. The molecule has 3 N–H and O–H groups in total. The number of benzene rings is 1. The Morgan fingerprint density at radius 1 is 1.20 bits per heavy atom. The lowest BCUT2D eigenvalue weighted by molar-refractivity contribution is -0.123. The van der Waals surface area contributed by atoms with Gasteiger partial charge in [-0.1, -0.05) is 17.7 Å². The van der Waals surface area contributed by atoms with E-state index in [0.29, 0.717) is 16.5 Å². The van der Waals surface area contributed by atoms with Gasteiger partial charge in [0.1, 0.15) is 11.4 Å². The first kappa shape index (κ1) is 14.0. The molecule has 0 unspecified atom stereocenters. The molecule has 0 spiro atoms. The average molecular weight is 294 g/mol. The summed E-state index contributed by atoms with van der Waals surface area (Å²) in [7, 11) is 0.